The van der Waals surface area contributed by atoms with Gasteiger partial charge in [-0.15, -0.1) is 0 Å². The maximum atomic E-state index is 14.0. The molecule has 1 aliphatic heterocycles. The topological polar surface area (TPSA) is 76.7 Å². The zero-order valence-electron chi connectivity index (χ0n) is 17.4. The first-order valence-electron chi connectivity index (χ1n) is 10.1. The number of likely N-dealkylation sites (tertiary alicyclic amines) is 1. The number of aromatic nitrogens is 2. The van der Waals surface area contributed by atoms with Gasteiger partial charge in [0.05, 0.1) is 19.4 Å². The first-order chi connectivity index (χ1) is 14.0. The van der Waals surface area contributed by atoms with E-state index in [1.165, 1.54) is 25.9 Å². The van der Waals surface area contributed by atoms with E-state index in [9.17, 15) is 4.39 Å². The Morgan fingerprint density at radius 2 is 1.97 bits per heavy atom. The van der Waals surface area contributed by atoms with Crippen molar-refractivity contribution in [3.8, 4) is 11.5 Å². The molecule has 0 bridgehead atoms. The zero-order chi connectivity index (χ0) is 20.8. The quantitative estimate of drug-likeness (QED) is 0.643. The number of methoxy groups -OCH3 is 1. The molecule has 0 radical (unpaired) electrons. The van der Waals surface area contributed by atoms with Crippen LogP contribution in [0.2, 0.25) is 0 Å². The summed E-state index contributed by atoms with van der Waals surface area (Å²) in [7, 11) is 3.43. The third-order valence-corrected chi connectivity index (χ3v) is 5.18. The number of benzene rings is 1. The lowest BCUT2D eigenvalue weighted by Gasteiger charge is -2.21. The second-order valence-corrected chi connectivity index (χ2v) is 7.17. The standard InChI is InChI=1S/C21H30FN5O2/c1-4-16-19(22)20(23)25-21(24-16)26(2)15-8-9-17(28-3)18(14-15)29-13-7-12-27-10-5-6-11-27/h8-9,14H,4-7,10-13H2,1-3H3,(H2,23,24,25). The third-order valence-electron chi connectivity index (χ3n) is 5.18. The summed E-state index contributed by atoms with van der Waals surface area (Å²) in [5.41, 5.74) is 6.82. The van der Waals surface area contributed by atoms with E-state index >= 15 is 0 Å². The number of nitrogens with zero attached hydrogens (tertiary/aromatic N) is 4. The van der Waals surface area contributed by atoms with E-state index in [1.807, 2.05) is 32.2 Å². The van der Waals surface area contributed by atoms with Crippen LogP contribution in [0.4, 0.5) is 21.8 Å². The summed E-state index contributed by atoms with van der Waals surface area (Å²) in [6.07, 6.45) is 3.98. The van der Waals surface area contributed by atoms with E-state index in [1.54, 1.807) is 12.0 Å². The summed E-state index contributed by atoms with van der Waals surface area (Å²) in [5.74, 6) is 0.957. The SMILES string of the molecule is CCc1nc(N(C)c2ccc(OC)c(OCCCN3CCCC3)c2)nc(N)c1F. The lowest BCUT2D eigenvalue weighted by atomic mass is 10.2. The molecule has 7 nitrogen and oxygen atoms in total. The number of hydrogen-bond donors (Lipinski definition) is 1. The minimum atomic E-state index is -0.554. The molecule has 0 aliphatic carbocycles. The number of aryl methyl sites for hydroxylation is 1. The molecule has 1 saturated heterocycles. The average Bonchev–Trinajstić information content (AvgIpc) is 3.26. The second kappa shape index (κ2) is 9.73. The van der Waals surface area contributed by atoms with Crippen LogP contribution in [0.15, 0.2) is 18.2 Å². The Labute approximate surface area is 171 Å². The van der Waals surface area contributed by atoms with Gasteiger partial charge in [0, 0.05) is 25.3 Å². The highest BCUT2D eigenvalue weighted by molar-refractivity contribution is 5.62. The zero-order valence-corrected chi connectivity index (χ0v) is 17.4. The van der Waals surface area contributed by atoms with Crippen LogP contribution in [0.25, 0.3) is 0 Å². The average molecular weight is 404 g/mol. The predicted molar refractivity (Wildman–Crippen MR) is 113 cm³/mol. The van der Waals surface area contributed by atoms with Crippen LogP contribution >= 0.6 is 0 Å². The summed E-state index contributed by atoms with van der Waals surface area (Å²) in [6.45, 7) is 5.86. The van der Waals surface area contributed by atoms with Crippen LogP contribution in [0.3, 0.4) is 0 Å². The molecule has 158 valence electrons. The Hall–Kier alpha value is -2.61. The van der Waals surface area contributed by atoms with Crippen LogP contribution in [-0.2, 0) is 6.42 Å². The van der Waals surface area contributed by atoms with Gasteiger partial charge in [0.1, 0.15) is 0 Å². The van der Waals surface area contributed by atoms with Crippen molar-refractivity contribution < 1.29 is 13.9 Å². The van der Waals surface area contributed by atoms with Crippen molar-refractivity contribution >= 4 is 17.5 Å². The van der Waals surface area contributed by atoms with Crippen molar-refractivity contribution in [2.75, 3.05) is 51.0 Å². The molecule has 2 aromatic rings. The van der Waals surface area contributed by atoms with Crippen molar-refractivity contribution in [2.45, 2.75) is 32.6 Å². The number of nitrogens with two attached hydrogens (primary N) is 1. The first kappa shape index (κ1) is 21.1. The molecule has 1 aromatic heterocycles. The summed E-state index contributed by atoms with van der Waals surface area (Å²) in [5, 5.41) is 0. The number of nitrogen functional groups attached to an aromatic ring is 1. The molecule has 0 atom stereocenters. The molecule has 1 fully saturated rings. The third kappa shape index (κ3) is 5.06. The van der Waals surface area contributed by atoms with Gasteiger partial charge in [0.25, 0.3) is 0 Å². The largest absolute Gasteiger partial charge is 0.493 e. The van der Waals surface area contributed by atoms with Crippen molar-refractivity contribution in [3.63, 3.8) is 0 Å². The number of ether oxygens (including phenoxy) is 2. The maximum Gasteiger partial charge on any atom is 0.232 e. The normalized spacial score (nSPS) is 14.2. The Bertz CT molecular complexity index is 827. The van der Waals surface area contributed by atoms with Crippen molar-refractivity contribution in [2.24, 2.45) is 0 Å². The molecule has 0 amide bonds. The summed E-state index contributed by atoms with van der Waals surface area (Å²) in [6, 6.07) is 5.60. The Morgan fingerprint density at radius 3 is 2.66 bits per heavy atom. The van der Waals surface area contributed by atoms with Gasteiger partial charge < -0.3 is 25.0 Å². The highest BCUT2D eigenvalue weighted by atomic mass is 19.1. The number of hydrogen-bond acceptors (Lipinski definition) is 7. The van der Waals surface area contributed by atoms with Gasteiger partial charge in [-0.05, 0) is 50.9 Å². The molecular formula is C21H30FN5O2. The van der Waals surface area contributed by atoms with Gasteiger partial charge in [-0.3, -0.25) is 0 Å². The minimum absolute atomic E-state index is 0.148. The van der Waals surface area contributed by atoms with Gasteiger partial charge in [-0.1, -0.05) is 6.92 Å². The number of anilines is 3. The van der Waals surface area contributed by atoms with E-state index in [4.69, 9.17) is 15.2 Å². The molecule has 29 heavy (non-hydrogen) atoms. The number of halogens is 1. The smallest absolute Gasteiger partial charge is 0.232 e. The van der Waals surface area contributed by atoms with Gasteiger partial charge >= 0.3 is 0 Å². The van der Waals surface area contributed by atoms with Gasteiger partial charge in [-0.2, -0.15) is 4.98 Å². The van der Waals surface area contributed by atoms with E-state index in [-0.39, 0.29) is 5.82 Å². The highest BCUT2D eigenvalue weighted by Gasteiger charge is 2.17. The fourth-order valence-electron chi connectivity index (χ4n) is 3.46. The molecule has 1 aromatic carbocycles. The Morgan fingerprint density at radius 1 is 1.21 bits per heavy atom. The van der Waals surface area contributed by atoms with Crippen LogP contribution in [0.5, 0.6) is 11.5 Å². The fraction of sp³-hybridized carbons (Fsp3) is 0.524. The van der Waals surface area contributed by atoms with Crippen molar-refractivity contribution in [3.05, 3.63) is 29.7 Å². The Balaban J connectivity index is 1.72. The molecule has 0 spiro atoms. The molecule has 3 rings (SSSR count). The number of rotatable bonds is 9. The first-order valence-corrected chi connectivity index (χ1v) is 10.1. The summed E-state index contributed by atoms with van der Waals surface area (Å²) in [4.78, 5) is 12.6. The van der Waals surface area contributed by atoms with E-state index in [0.717, 1.165) is 18.7 Å². The van der Waals surface area contributed by atoms with E-state index in [2.05, 4.69) is 14.9 Å². The van der Waals surface area contributed by atoms with Crippen molar-refractivity contribution in [1.29, 1.82) is 0 Å². The second-order valence-electron chi connectivity index (χ2n) is 7.17. The van der Waals surface area contributed by atoms with Crippen LogP contribution in [0.1, 0.15) is 31.9 Å². The molecule has 1 aliphatic rings. The highest BCUT2D eigenvalue weighted by Crippen LogP contribution is 2.33. The molecule has 8 heteroatoms. The summed E-state index contributed by atoms with van der Waals surface area (Å²) < 4.78 is 25.4. The monoisotopic (exact) mass is 403 g/mol. The lowest BCUT2D eigenvalue weighted by molar-refractivity contribution is 0.254. The van der Waals surface area contributed by atoms with Gasteiger partial charge in [0.15, 0.2) is 23.1 Å². The van der Waals surface area contributed by atoms with E-state index < -0.39 is 5.82 Å². The Kier molecular flexibility index (Phi) is 7.09. The molecule has 0 saturated carbocycles. The van der Waals surface area contributed by atoms with Crippen LogP contribution < -0.4 is 20.1 Å². The van der Waals surface area contributed by atoms with Crippen LogP contribution in [-0.4, -0.2) is 55.3 Å². The van der Waals surface area contributed by atoms with Crippen LogP contribution in [0, 0.1) is 5.82 Å². The lowest BCUT2D eigenvalue weighted by Crippen LogP contribution is -2.22. The van der Waals surface area contributed by atoms with Gasteiger partial charge in [0.2, 0.25) is 5.95 Å². The molecule has 2 heterocycles. The van der Waals surface area contributed by atoms with Crippen molar-refractivity contribution in [1.82, 2.24) is 14.9 Å². The minimum Gasteiger partial charge on any atom is -0.493 e. The molecule has 2 N–H and O–H groups in total. The fourth-order valence-corrected chi connectivity index (χ4v) is 3.46. The van der Waals surface area contributed by atoms with E-state index in [0.29, 0.717) is 36.2 Å². The summed E-state index contributed by atoms with van der Waals surface area (Å²) >= 11 is 0. The maximum absolute atomic E-state index is 14.0. The molecule has 0 unspecified atom stereocenters. The predicted octanol–water partition coefficient (Wildman–Crippen LogP) is 3.40. The molecular weight excluding hydrogens is 373 g/mol. The van der Waals surface area contributed by atoms with Gasteiger partial charge in [-0.25, -0.2) is 9.37 Å².